The smallest absolute Gasteiger partial charge is 0.239 e. The summed E-state index contributed by atoms with van der Waals surface area (Å²) in [5.74, 6) is -1.65. The van der Waals surface area contributed by atoms with Crippen molar-refractivity contribution in [2.24, 2.45) is 10.2 Å². The van der Waals surface area contributed by atoms with Gasteiger partial charge in [-0.2, -0.15) is 5.10 Å². The van der Waals surface area contributed by atoms with Crippen LogP contribution >= 0.6 is 23.5 Å². The van der Waals surface area contributed by atoms with Gasteiger partial charge < -0.3 is 15.2 Å². The molecule has 1 aromatic carbocycles. The summed E-state index contributed by atoms with van der Waals surface area (Å²) in [6, 6.07) is 7.77. The number of carboxylic acid groups (broad SMARTS) is 1. The summed E-state index contributed by atoms with van der Waals surface area (Å²) in [6.07, 6.45) is 3.23. The Morgan fingerprint density at radius 2 is 2.19 bits per heavy atom. The van der Waals surface area contributed by atoms with Crippen LogP contribution < -0.4 is 10.4 Å². The fourth-order valence-corrected chi connectivity index (χ4v) is 2.89. The summed E-state index contributed by atoms with van der Waals surface area (Å²) in [6.45, 7) is 0. The van der Waals surface area contributed by atoms with E-state index in [1.54, 1.807) is 18.0 Å². The average Bonchev–Trinajstić information content (AvgIpc) is 2.79. The second-order valence-electron chi connectivity index (χ2n) is 4.09. The Morgan fingerprint density at radius 1 is 1.48 bits per heavy atom. The summed E-state index contributed by atoms with van der Waals surface area (Å²) in [5, 5.41) is 20.3. The normalized spacial score (nSPS) is 20.1. The van der Waals surface area contributed by atoms with E-state index in [4.69, 9.17) is 0 Å². The number of amides is 1. The van der Waals surface area contributed by atoms with E-state index in [1.165, 1.54) is 0 Å². The first kappa shape index (κ1) is 15.6. The molecule has 1 fully saturated rings. The molecule has 21 heavy (non-hydrogen) atoms. The molecule has 6 nitrogen and oxygen atoms in total. The van der Waals surface area contributed by atoms with Crippen molar-refractivity contribution in [3.8, 4) is 0 Å². The van der Waals surface area contributed by atoms with Gasteiger partial charge in [0.15, 0.2) is 5.17 Å². The minimum atomic E-state index is -1.26. The molecule has 0 unspecified atom stereocenters. The fourth-order valence-electron chi connectivity index (χ4n) is 1.58. The van der Waals surface area contributed by atoms with E-state index in [1.807, 2.05) is 30.5 Å². The molecule has 0 bridgehead atoms. The predicted octanol–water partition coefficient (Wildman–Crippen LogP) is 0.470. The summed E-state index contributed by atoms with van der Waals surface area (Å²) in [7, 11) is 0. The Balaban J connectivity index is 1.96. The number of thioether (sulfide) groups is 2. The van der Waals surface area contributed by atoms with Crippen molar-refractivity contribution in [3.63, 3.8) is 0 Å². The number of nitrogens with zero attached hydrogens (tertiary/aromatic N) is 2. The first-order valence-corrected chi connectivity index (χ1v) is 8.11. The van der Waals surface area contributed by atoms with Crippen LogP contribution in [0.5, 0.6) is 0 Å². The molecule has 8 heteroatoms. The summed E-state index contributed by atoms with van der Waals surface area (Å²) >= 11 is 2.69. The Morgan fingerprint density at radius 3 is 2.81 bits per heavy atom. The molecule has 1 atom stereocenters. The Kier molecular flexibility index (Phi) is 5.40. The standard InChI is InChI=1S/C13H13N3O3S2/c1-20-9-4-2-8(3-5-9)7-14-16-13-15-12(19)10(21-13)6-11(17)18/h2-5,7,10H,6H2,1H3,(H,17,18)(H,15,16,19)/p-1/b14-7-/t10-/m1/s1. The first-order valence-electron chi connectivity index (χ1n) is 6.01. The van der Waals surface area contributed by atoms with Crippen LogP contribution in [-0.4, -0.2) is 34.8 Å². The molecule has 0 aromatic heterocycles. The predicted molar refractivity (Wildman–Crippen MR) is 82.4 cm³/mol. The zero-order chi connectivity index (χ0) is 15.2. The molecule has 0 saturated carbocycles. The molecule has 1 saturated heterocycles. The molecule has 1 amide bonds. The number of carbonyl (C=O) groups is 2. The van der Waals surface area contributed by atoms with Gasteiger partial charge in [-0.05, 0) is 24.0 Å². The van der Waals surface area contributed by atoms with Crippen LogP contribution in [0, 0.1) is 0 Å². The lowest BCUT2D eigenvalue weighted by atomic mass is 10.2. The van der Waals surface area contributed by atoms with Crippen molar-refractivity contribution >= 4 is 46.8 Å². The van der Waals surface area contributed by atoms with Gasteiger partial charge in [-0.25, -0.2) is 0 Å². The number of rotatable bonds is 5. The minimum absolute atomic E-state index is 0.295. The van der Waals surface area contributed by atoms with E-state index < -0.39 is 11.2 Å². The summed E-state index contributed by atoms with van der Waals surface area (Å²) in [4.78, 5) is 23.1. The summed E-state index contributed by atoms with van der Waals surface area (Å²) < 4.78 is 0. The number of carbonyl (C=O) groups excluding carboxylic acids is 2. The molecule has 0 aliphatic carbocycles. The lowest BCUT2D eigenvalue weighted by Crippen LogP contribution is -2.31. The molecule has 1 aliphatic heterocycles. The van der Waals surface area contributed by atoms with Crippen LogP contribution in [0.3, 0.4) is 0 Å². The van der Waals surface area contributed by atoms with Crippen molar-refractivity contribution in [2.45, 2.75) is 16.6 Å². The van der Waals surface area contributed by atoms with Crippen LogP contribution in [0.25, 0.3) is 0 Å². The molecule has 1 N–H and O–H groups in total. The van der Waals surface area contributed by atoms with Crippen LogP contribution in [-0.2, 0) is 9.59 Å². The van der Waals surface area contributed by atoms with Crippen molar-refractivity contribution in [1.82, 2.24) is 5.32 Å². The highest BCUT2D eigenvalue weighted by Gasteiger charge is 2.30. The number of hydrogen-bond donors (Lipinski definition) is 1. The van der Waals surface area contributed by atoms with Gasteiger partial charge in [-0.3, -0.25) is 4.79 Å². The SMILES string of the molecule is CSc1ccc(/C=N\N=C2\NC(=O)[C@@H](CC(=O)[O-])S2)cc1. The van der Waals surface area contributed by atoms with Gasteiger partial charge in [0, 0.05) is 17.3 Å². The highest BCUT2D eigenvalue weighted by Crippen LogP contribution is 2.22. The Labute approximate surface area is 130 Å². The third-order valence-corrected chi connectivity index (χ3v) is 4.42. The number of aliphatic carboxylic acids is 1. The van der Waals surface area contributed by atoms with E-state index in [-0.39, 0.29) is 12.3 Å². The molecule has 1 aromatic rings. The van der Waals surface area contributed by atoms with Gasteiger partial charge in [-0.1, -0.05) is 23.9 Å². The average molecular weight is 322 g/mol. The van der Waals surface area contributed by atoms with Crippen molar-refractivity contribution in [3.05, 3.63) is 29.8 Å². The van der Waals surface area contributed by atoms with Crippen LogP contribution in [0.4, 0.5) is 0 Å². The van der Waals surface area contributed by atoms with Gasteiger partial charge in [0.25, 0.3) is 0 Å². The van der Waals surface area contributed by atoms with Crippen molar-refractivity contribution in [1.29, 1.82) is 0 Å². The summed E-state index contributed by atoms with van der Waals surface area (Å²) in [5.41, 5.74) is 0.887. The second kappa shape index (κ2) is 7.28. The van der Waals surface area contributed by atoms with Gasteiger partial charge >= 0.3 is 0 Å². The van der Waals surface area contributed by atoms with E-state index in [0.717, 1.165) is 22.2 Å². The lowest BCUT2D eigenvalue weighted by Gasteiger charge is -2.04. The monoisotopic (exact) mass is 322 g/mol. The molecular formula is C13H12N3O3S2-. The van der Waals surface area contributed by atoms with E-state index >= 15 is 0 Å². The third-order valence-electron chi connectivity index (χ3n) is 2.60. The molecule has 1 heterocycles. The number of hydrogen-bond acceptors (Lipinski definition) is 7. The zero-order valence-electron chi connectivity index (χ0n) is 11.1. The van der Waals surface area contributed by atoms with Gasteiger partial charge in [0.2, 0.25) is 5.91 Å². The highest BCUT2D eigenvalue weighted by molar-refractivity contribution is 8.15. The molecule has 110 valence electrons. The first-order chi connectivity index (χ1) is 10.1. The lowest BCUT2D eigenvalue weighted by molar-refractivity contribution is -0.305. The van der Waals surface area contributed by atoms with Gasteiger partial charge in [-0.15, -0.1) is 16.9 Å². The molecule has 2 rings (SSSR count). The third kappa shape index (κ3) is 4.61. The van der Waals surface area contributed by atoms with Crippen LogP contribution in [0.15, 0.2) is 39.4 Å². The number of benzene rings is 1. The zero-order valence-corrected chi connectivity index (χ0v) is 12.7. The van der Waals surface area contributed by atoms with Gasteiger partial charge in [0.05, 0.1) is 11.5 Å². The Hall–Kier alpha value is -1.80. The molecule has 0 radical (unpaired) electrons. The number of nitrogens with one attached hydrogen (secondary N) is 1. The van der Waals surface area contributed by atoms with Crippen molar-refractivity contribution in [2.75, 3.05) is 6.26 Å². The number of amidine groups is 1. The fraction of sp³-hybridized carbons (Fsp3) is 0.231. The van der Waals surface area contributed by atoms with E-state index in [2.05, 4.69) is 15.5 Å². The van der Waals surface area contributed by atoms with Crippen molar-refractivity contribution < 1.29 is 14.7 Å². The maximum absolute atomic E-state index is 11.5. The Bertz CT molecular complexity index is 599. The largest absolute Gasteiger partial charge is 0.550 e. The van der Waals surface area contributed by atoms with Crippen LogP contribution in [0.1, 0.15) is 12.0 Å². The molecule has 0 spiro atoms. The quantitative estimate of drug-likeness (QED) is 0.483. The maximum atomic E-state index is 11.5. The number of carboxylic acids is 1. The molecular weight excluding hydrogens is 310 g/mol. The van der Waals surface area contributed by atoms with E-state index in [9.17, 15) is 14.7 Å². The minimum Gasteiger partial charge on any atom is -0.550 e. The van der Waals surface area contributed by atoms with Crippen LogP contribution in [0.2, 0.25) is 0 Å². The maximum Gasteiger partial charge on any atom is 0.239 e. The second-order valence-corrected chi connectivity index (χ2v) is 6.17. The molecule has 1 aliphatic rings. The highest BCUT2D eigenvalue weighted by atomic mass is 32.2. The van der Waals surface area contributed by atoms with Gasteiger partial charge in [0.1, 0.15) is 0 Å². The topological polar surface area (TPSA) is 94.0 Å². The van der Waals surface area contributed by atoms with E-state index in [0.29, 0.717) is 5.17 Å².